The summed E-state index contributed by atoms with van der Waals surface area (Å²) in [7, 11) is 5.21. The number of carbonyl (C=O) groups is 1. The quantitative estimate of drug-likeness (QED) is 0.486. The normalized spacial score (nSPS) is 11.0. The fourth-order valence-corrected chi connectivity index (χ4v) is 2.86. The second kappa shape index (κ2) is 11.6. The summed E-state index contributed by atoms with van der Waals surface area (Å²) in [5, 5.41) is 6.06. The van der Waals surface area contributed by atoms with Gasteiger partial charge in [0.15, 0.2) is 5.96 Å². The lowest BCUT2D eigenvalue weighted by Gasteiger charge is -2.23. The minimum Gasteiger partial charge on any atom is -0.497 e. The van der Waals surface area contributed by atoms with Crippen molar-refractivity contribution < 1.29 is 14.3 Å². The Morgan fingerprint density at radius 3 is 2.67 bits per heavy atom. The van der Waals surface area contributed by atoms with Crippen LogP contribution in [0, 0.1) is 6.92 Å². The van der Waals surface area contributed by atoms with E-state index in [4.69, 9.17) is 9.47 Å². The molecule has 0 aliphatic rings. The standard InChI is InChI=1S/C22H31N5O3/c1-6-23-22(24-13-12-21(28)26-20-9-7-8-16(2)25-20)27(3)15-17-10-11-18(29-4)14-19(17)30-5/h7-11,14H,6,12-13,15H2,1-5H3,(H,23,24)(H,25,26,28). The molecule has 30 heavy (non-hydrogen) atoms. The molecule has 0 aliphatic carbocycles. The van der Waals surface area contributed by atoms with Crippen LogP contribution in [0.1, 0.15) is 24.6 Å². The Balaban J connectivity index is 1.98. The van der Waals surface area contributed by atoms with Gasteiger partial charge in [0.05, 0.1) is 20.8 Å². The molecule has 0 unspecified atom stereocenters. The highest BCUT2D eigenvalue weighted by molar-refractivity contribution is 5.90. The number of anilines is 1. The van der Waals surface area contributed by atoms with Crippen molar-refractivity contribution in [2.45, 2.75) is 26.8 Å². The van der Waals surface area contributed by atoms with Crippen molar-refractivity contribution in [3.05, 3.63) is 47.7 Å². The van der Waals surface area contributed by atoms with E-state index < -0.39 is 0 Å². The number of carbonyl (C=O) groups excluding carboxylic acids is 1. The molecule has 0 radical (unpaired) electrons. The number of amides is 1. The number of benzene rings is 1. The van der Waals surface area contributed by atoms with E-state index in [1.807, 2.05) is 56.1 Å². The van der Waals surface area contributed by atoms with Gasteiger partial charge in [0.1, 0.15) is 17.3 Å². The van der Waals surface area contributed by atoms with Crippen LogP contribution >= 0.6 is 0 Å². The molecule has 1 amide bonds. The molecule has 2 aromatic rings. The number of aliphatic imine (C=N–C) groups is 1. The molecule has 0 atom stereocenters. The van der Waals surface area contributed by atoms with Crippen LogP contribution in [-0.2, 0) is 11.3 Å². The minimum atomic E-state index is -0.118. The molecule has 0 bridgehead atoms. The van der Waals surface area contributed by atoms with Crippen LogP contribution < -0.4 is 20.1 Å². The maximum atomic E-state index is 12.2. The molecule has 2 rings (SSSR count). The third kappa shape index (κ3) is 6.95. The third-order valence-electron chi connectivity index (χ3n) is 4.35. The number of aryl methyl sites for hydroxylation is 1. The highest BCUT2D eigenvalue weighted by Gasteiger charge is 2.12. The number of nitrogens with zero attached hydrogens (tertiary/aromatic N) is 3. The Kier molecular flexibility index (Phi) is 8.93. The van der Waals surface area contributed by atoms with Crippen molar-refractivity contribution in [1.29, 1.82) is 0 Å². The number of nitrogens with one attached hydrogen (secondary N) is 2. The van der Waals surface area contributed by atoms with E-state index in [9.17, 15) is 4.79 Å². The highest BCUT2D eigenvalue weighted by Crippen LogP contribution is 2.25. The summed E-state index contributed by atoms with van der Waals surface area (Å²) >= 11 is 0. The number of ether oxygens (including phenoxy) is 2. The molecule has 1 aromatic carbocycles. The lowest BCUT2D eigenvalue weighted by atomic mass is 10.2. The fraction of sp³-hybridized carbons (Fsp3) is 0.409. The second-order valence-corrected chi connectivity index (χ2v) is 6.73. The first-order valence-electron chi connectivity index (χ1n) is 9.90. The minimum absolute atomic E-state index is 0.118. The van der Waals surface area contributed by atoms with Crippen molar-refractivity contribution >= 4 is 17.7 Å². The van der Waals surface area contributed by atoms with E-state index in [1.165, 1.54) is 0 Å². The van der Waals surface area contributed by atoms with Gasteiger partial charge in [-0.2, -0.15) is 0 Å². The van der Waals surface area contributed by atoms with E-state index in [0.29, 0.717) is 18.9 Å². The third-order valence-corrected chi connectivity index (χ3v) is 4.35. The molecule has 162 valence electrons. The molecule has 0 fully saturated rings. The summed E-state index contributed by atoms with van der Waals surface area (Å²) in [4.78, 5) is 23.0. The van der Waals surface area contributed by atoms with Crippen LogP contribution in [0.25, 0.3) is 0 Å². The second-order valence-electron chi connectivity index (χ2n) is 6.73. The van der Waals surface area contributed by atoms with Gasteiger partial charge >= 0.3 is 0 Å². The first-order chi connectivity index (χ1) is 14.5. The maximum absolute atomic E-state index is 12.2. The van der Waals surface area contributed by atoms with Crippen LogP contribution in [0.5, 0.6) is 11.5 Å². The number of pyridine rings is 1. The summed E-state index contributed by atoms with van der Waals surface area (Å²) in [6.07, 6.45) is 0.268. The van der Waals surface area contributed by atoms with E-state index in [1.54, 1.807) is 20.3 Å². The number of hydrogen-bond acceptors (Lipinski definition) is 5. The van der Waals surface area contributed by atoms with Gasteiger partial charge in [-0.1, -0.05) is 6.07 Å². The molecule has 8 heteroatoms. The molecule has 2 N–H and O–H groups in total. The molecular formula is C22H31N5O3. The number of methoxy groups -OCH3 is 2. The van der Waals surface area contributed by atoms with Gasteiger partial charge in [0, 0.05) is 43.9 Å². The summed E-state index contributed by atoms with van der Waals surface area (Å²) in [5.74, 6) is 2.65. The molecule has 0 saturated carbocycles. The summed E-state index contributed by atoms with van der Waals surface area (Å²) in [6.45, 7) is 5.58. The zero-order chi connectivity index (χ0) is 21.9. The first kappa shape index (κ1) is 23.0. The van der Waals surface area contributed by atoms with Crippen LogP contribution in [0.2, 0.25) is 0 Å². The zero-order valence-electron chi connectivity index (χ0n) is 18.4. The first-order valence-corrected chi connectivity index (χ1v) is 9.90. The Bertz CT molecular complexity index is 870. The number of rotatable bonds is 9. The summed E-state index contributed by atoms with van der Waals surface area (Å²) in [5.41, 5.74) is 1.87. The van der Waals surface area contributed by atoms with Gasteiger partial charge < -0.3 is 25.0 Å². The fourth-order valence-electron chi connectivity index (χ4n) is 2.86. The van der Waals surface area contributed by atoms with Crippen molar-refractivity contribution in [3.63, 3.8) is 0 Å². The lowest BCUT2D eigenvalue weighted by Crippen LogP contribution is -2.38. The maximum Gasteiger partial charge on any atom is 0.227 e. The zero-order valence-corrected chi connectivity index (χ0v) is 18.4. The van der Waals surface area contributed by atoms with Gasteiger partial charge in [-0.3, -0.25) is 9.79 Å². The van der Waals surface area contributed by atoms with E-state index in [2.05, 4.69) is 20.6 Å². The van der Waals surface area contributed by atoms with Crippen molar-refractivity contribution in [1.82, 2.24) is 15.2 Å². The molecule has 1 aromatic heterocycles. The average molecular weight is 414 g/mol. The van der Waals surface area contributed by atoms with Gasteiger partial charge in [-0.15, -0.1) is 0 Å². The van der Waals surface area contributed by atoms with E-state index >= 15 is 0 Å². The van der Waals surface area contributed by atoms with Crippen LogP contribution in [0.15, 0.2) is 41.4 Å². The van der Waals surface area contributed by atoms with Crippen molar-refractivity contribution in [2.24, 2.45) is 4.99 Å². The van der Waals surface area contributed by atoms with Gasteiger partial charge in [0.25, 0.3) is 0 Å². The predicted octanol–water partition coefficient (Wildman–Crippen LogP) is 2.83. The average Bonchev–Trinajstić information content (AvgIpc) is 2.73. The number of aromatic nitrogens is 1. The molecule has 8 nitrogen and oxygen atoms in total. The Morgan fingerprint density at radius 2 is 2.00 bits per heavy atom. The van der Waals surface area contributed by atoms with E-state index in [-0.39, 0.29) is 12.3 Å². The molecule has 1 heterocycles. The Hall–Kier alpha value is -3.29. The molecule has 0 spiro atoms. The van der Waals surface area contributed by atoms with Gasteiger partial charge in [-0.05, 0) is 38.1 Å². The van der Waals surface area contributed by atoms with Crippen LogP contribution in [0.4, 0.5) is 5.82 Å². The molecule has 0 aliphatic heterocycles. The Morgan fingerprint density at radius 1 is 1.20 bits per heavy atom. The smallest absolute Gasteiger partial charge is 0.227 e. The van der Waals surface area contributed by atoms with E-state index in [0.717, 1.165) is 35.3 Å². The summed E-state index contributed by atoms with van der Waals surface area (Å²) < 4.78 is 10.7. The summed E-state index contributed by atoms with van der Waals surface area (Å²) in [6, 6.07) is 11.3. The molecule has 0 saturated heterocycles. The number of hydrogen-bond donors (Lipinski definition) is 2. The lowest BCUT2D eigenvalue weighted by molar-refractivity contribution is -0.116. The highest BCUT2D eigenvalue weighted by atomic mass is 16.5. The van der Waals surface area contributed by atoms with Crippen molar-refractivity contribution in [3.8, 4) is 11.5 Å². The van der Waals surface area contributed by atoms with Gasteiger partial charge in [0.2, 0.25) is 5.91 Å². The number of guanidine groups is 1. The predicted molar refractivity (Wildman–Crippen MR) is 119 cm³/mol. The molecular weight excluding hydrogens is 382 g/mol. The van der Waals surface area contributed by atoms with Crippen LogP contribution in [-0.4, -0.2) is 56.1 Å². The largest absolute Gasteiger partial charge is 0.497 e. The SMILES string of the molecule is CCNC(=NCCC(=O)Nc1cccc(C)n1)N(C)Cc1ccc(OC)cc1OC. The monoisotopic (exact) mass is 413 g/mol. The van der Waals surface area contributed by atoms with Gasteiger partial charge in [-0.25, -0.2) is 4.98 Å². The Labute approximate surface area is 178 Å². The van der Waals surface area contributed by atoms with Crippen LogP contribution in [0.3, 0.4) is 0 Å². The van der Waals surface area contributed by atoms with Crippen molar-refractivity contribution in [2.75, 3.05) is 39.7 Å². The topological polar surface area (TPSA) is 88.1 Å².